The van der Waals surface area contributed by atoms with E-state index >= 15 is 0 Å². The highest BCUT2D eigenvalue weighted by Crippen LogP contribution is 2.29. The van der Waals surface area contributed by atoms with Crippen LogP contribution < -0.4 is 16.0 Å². The van der Waals surface area contributed by atoms with Crippen LogP contribution in [0, 0.1) is 6.92 Å². The van der Waals surface area contributed by atoms with Crippen molar-refractivity contribution in [1.82, 2.24) is 23.1 Å². The van der Waals surface area contributed by atoms with Gasteiger partial charge >= 0.3 is 5.69 Å². The van der Waals surface area contributed by atoms with Crippen molar-refractivity contribution in [2.75, 3.05) is 6.61 Å². The Bertz CT molecular complexity index is 1910. The highest BCUT2D eigenvalue weighted by Gasteiger charge is 2.22. The molecule has 3 aromatic carbocycles. The van der Waals surface area contributed by atoms with Crippen molar-refractivity contribution in [3.63, 3.8) is 0 Å². The molecule has 0 aliphatic rings. The van der Waals surface area contributed by atoms with Crippen LogP contribution in [0.3, 0.4) is 0 Å². The van der Waals surface area contributed by atoms with Crippen LogP contribution in [0.5, 0.6) is 5.75 Å². The zero-order valence-electron chi connectivity index (χ0n) is 21.5. The molecule has 0 amide bonds. The standard InChI is InChI=1S/C30H27N5O3/c1-4-38-24-15-13-23(14-16-24)35-25(22-11-6-5-7-12-22)19-33-26-27(31-29(33)35)32(3)30(37)34(28(26)36)18-21-10-8-9-20(2)17-21/h5-17,19H,4,18H2,1-3H3. The molecule has 6 aromatic rings. The van der Waals surface area contributed by atoms with Crippen molar-refractivity contribution in [2.45, 2.75) is 20.4 Å². The van der Waals surface area contributed by atoms with Gasteiger partial charge in [0, 0.05) is 24.5 Å². The zero-order chi connectivity index (χ0) is 26.4. The minimum atomic E-state index is -0.402. The molecule has 8 heteroatoms. The first kappa shape index (κ1) is 23.5. The summed E-state index contributed by atoms with van der Waals surface area (Å²) in [4.78, 5) is 32.0. The van der Waals surface area contributed by atoms with E-state index in [0.29, 0.717) is 23.5 Å². The molecule has 3 aromatic heterocycles. The van der Waals surface area contributed by atoms with E-state index in [1.165, 1.54) is 9.13 Å². The summed E-state index contributed by atoms with van der Waals surface area (Å²) < 4.78 is 12.2. The Morgan fingerprint density at radius 2 is 1.68 bits per heavy atom. The Labute approximate surface area is 218 Å². The first-order chi connectivity index (χ1) is 18.5. The van der Waals surface area contributed by atoms with Gasteiger partial charge in [0.15, 0.2) is 11.2 Å². The Morgan fingerprint density at radius 1 is 0.921 bits per heavy atom. The summed E-state index contributed by atoms with van der Waals surface area (Å²) in [5, 5.41) is 0. The molecule has 0 aliphatic carbocycles. The molecular weight excluding hydrogens is 478 g/mol. The van der Waals surface area contributed by atoms with Crippen molar-refractivity contribution in [3.05, 3.63) is 117 Å². The topological polar surface area (TPSA) is 75.5 Å². The Balaban J connectivity index is 1.63. The smallest absolute Gasteiger partial charge is 0.332 e. The molecule has 0 spiro atoms. The summed E-state index contributed by atoms with van der Waals surface area (Å²) in [5.74, 6) is 1.32. The normalized spacial score (nSPS) is 11.4. The molecule has 0 saturated carbocycles. The predicted octanol–water partition coefficient (Wildman–Crippen LogP) is 4.56. The van der Waals surface area contributed by atoms with Gasteiger partial charge in [-0.3, -0.25) is 22.9 Å². The van der Waals surface area contributed by atoms with Crippen LogP contribution in [-0.4, -0.2) is 29.7 Å². The fourth-order valence-corrected chi connectivity index (χ4v) is 4.95. The number of ether oxygens (including phenoxy) is 1. The third-order valence-corrected chi connectivity index (χ3v) is 6.75. The number of nitrogens with zero attached hydrogens (tertiary/aromatic N) is 5. The first-order valence-corrected chi connectivity index (χ1v) is 12.5. The third kappa shape index (κ3) is 3.82. The second kappa shape index (κ2) is 9.23. The molecule has 6 rings (SSSR count). The maximum absolute atomic E-state index is 13.8. The second-order valence-corrected chi connectivity index (χ2v) is 9.32. The van der Waals surface area contributed by atoms with Crippen LogP contribution in [0.15, 0.2) is 94.6 Å². The van der Waals surface area contributed by atoms with Crippen LogP contribution in [0.1, 0.15) is 18.1 Å². The van der Waals surface area contributed by atoms with Gasteiger partial charge in [-0.2, -0.15) is 4.98 Å². The van der Waals surface area contributed by atoms with E-state index in [1.807, 2.05) is 103 Å². The lowest BCUT2D eigenvalue weighted by atomic mass is 10.1. The summed E-state index contributed by atoms with van der Waals surface area (Å²) in [7, 11) is 1.66. The minimum absolute atomic E-state index is 0.182. The lowest BCUT2D eigenvalue weighted by Crippen LogP contribution is -2.39. The first-order valence-electron chi connectivity index (χ1n) is 12.5. The van der Waals surface area contributed by atoms with Gasteiger partial charge in [0.05, 0.1) is 18.8 Å². The lowest BCUT2D eigenvalue weighted by Gasteiger charge is -2.10. The van der Waals surface area contributed by atoms with Gasteiger partial charge in [-0.25, -0.2) is 4.79 Å². The molecule has 8 nitrogen and oxygen atoms in total. The molecule has 190 valence electrons. The number of aryl methyl sites for hydroxylation is 2. The molecule has 0 fully saturated rings. The molecule has 0 unspecified atom stereocenters. The molecule has 0 bridgehead atoms. The number of imidazole rings is 2. The van der Waals surface area contributed by atoms with Crippen LogP contribution >= 0.6 is 0 Å². The van der Waals surface area contributed by atoms with Gasteiger partial charge in [0.1, 0.15) is 5.75 Å². The largest absolute Gasteiger partial charge is 0.494 e. The Kier molecular flexibility index (Phi) is 5.72. The zero-order valence-corrected chi connectivity index (χ0v) is 21.5. The lowest BCUT2D eigenvalue weighted by molar-refractivity contribution is 0.340. The van der Waals surface area contributed by atoms with Crippen molar-refractivity contribution in [2.24, 2.45) is 7.05 Å². The van der Waals surface area contributed by atoms with E-state index in [9.17, 15) is 9.59 Å². The van der Waals surface area contributed by atoms with E-state index in [0.717, 1.165) is 33.8 Å². The third-order valence-electron chi connectivity index (χ3n) is 6.75. The van der Waals surface area contributed by atoms with Gasteiger partial charge in [-0.15, -0.1) is 0 Å². The van der Waals surface area contributed by atoms with Crippen molar-refractivity contribution in [3.8, 4) is 22.7 Å². The summed E-state index contributed by atoms with van der Waals surface area (Å²) in [5.41, 5.74) is 4.60. The molecule has 3 heterocycles. The van der Waals surface area contributed by atoms with Gasteiger partial charge in [-0.1, -0.05) is 60.2 Å². The molecule has 0 aliphatic heterocycles. The molecule has 38 heavy (non-hydrogen) atoms. The number of fused-ring (bicyclic) bond motifs is 3. The number of aromatic nitrogens is 5. The fourth-order valence-electron chi connectivity index (χ4n) is 4.95. The van der Waals surface area contributed by atoms with Crippen molar-refractivity contribution in [1.29, 1.82) is 0 Å². The van der Waals surface area contributed by atoms with E-state index in [1.54, 1.807) is 11.4 Å². The van der Waals surface area contributed by atoms with Gasteiger partial charge in [-0.05, 0) is 43.7 Å². The Hall–Kier alpha value is -4.85. The van der Waals surface area contributed by atoms with Gasteiger partial charge < -0.3 is 4.74 Å². The summed E-state index contributed by atoms with van der Waals surface area (Å²) in [6.45, 7) is 4.70. The monoisotopic (exact) mass is 505 g/mol. The van der Waals surface area contributed by atoms with Gasteiger partial charge in [0.2, 0.25) is 5.78 Å². The molecule has 0 N–H and O–H groups in total. The maximum atomic E-state index is 13.8. The summed E-state index contributed by atoms with van der Waals surface area (Å²) >= 11 is 0. The SMILES string of the molecule is CCOc1ccc(-n2c(-c3ccccc3)cn3c4c(=O)n(Cc5cccc(C)c5)c(=O)n(C)c4nc23)cc1. The summed E-state index contributed by atoms with van der Waals surface area (Å²) in [6, 6.07) is 25.5. The van der Waals surface area contributed by atoms with E-state index in [-0.39, 0.29) is 12.1 Å². The quantitative estimate of drug-likeness (QED) is 0.333. The van der Waals surface area contributed by atoms with Crippen LogP contribution in [0.25, 0.3) is 33.9 Å². The van der Waals surface area contributed by atoms with Crippen LogP contribution in [0.2, 0.25) is 0 Å². The van der Waals surface area contributed by atoms with Gasteiger partial charge in [0.25, 0.3) is 5.56 Å². The maximum Gasteiger partial charge on any atom is 0.332 e. The number of rotatable bonds is 6. The average Bonchev–Trinajstić information content (AvgIpc) is 3.48. The Morgan fingerprint density at radius 3 is 2.39 bits per heavy atom. The number of hydrogen-bond donors (Lipinski definition) is 0. The van der Waals surface area contributed by atoms with Crippen molar-refractivity contribution < 1.29 is 4.74 Å². The second-order valence-electron chi connectivity index (χ2n) is 9.32. The number of hydrogen-bond acceptors (Lipinski definition) is 4. The summed E-state index contributed by atoms with van der Waals surface area (Å²) in [6.07, 6.45) is 1.92. The van der Waals surface area contributed by atoms with E-state index < -0.39 is 5.69 Å². The molecule has 0 atom stereocenters. The molecule has 0 saturated heterocycles. The molecular formula is C30H27N5O3. The highest BCUT2D eigenvalue weighted by molar-refractivity contribution is 5.79. The fraction of sp³-hybridized carbons (Fsp3) is 0.167. The van der Waals surface area contributed by atoms with E-state index in [4.69, 9.17) is 9.72 Å². The predicted molar refractivity (Wildman–Crippen MR) is 148 cm³/mol. The number of benzene rings is 3. The minimum Gasteiger partial charge on any atom is -0.494 e. The van der Waals surface area contributed by atoms with Crippen molar-refractivity contribution >= 4 is 16.9 Å². The van der Waals surface area contributed by atoms with Crippen LogP contribution in [0.4, 0.5) is 0 Å². The van der Waals surface area contributed by atoms with Crippen LogP contribution in [-0.2, 0) is 13.6 Å². The highest BCUT2D eigenvalue weighted by atomic mass is 16.5. The average molecular weight is 506 g/mol. The molecule has 0 radical (unpaired) electrons. The van der Waals surface area contributed by atoms with E-state index in [2.05, 4.69) is 0 Å².